The lowest BCUT2D eigenvalue weighted by molar-refractivity contribution is -0.129. The smallest absolute Gasteiger partial charge is 0.266 e. The third kappa shape index (κ3) is 2.23. The van der Waals surface area contributed by atoms with Crippen LogP contribution in [0.3, 0.4) is 0 Å². The third-order valence-electron chi connectivity index (χ3n) is 4.47. The summed E-state index contributed by atoms with van der Waals surface area (Å²) in [6.45, 7) is 1.68. The van der Waals surface area contributed by atoms with Crippen LogP contribution in [0.1, 0.15) is 16.8 Å². The van der Waals surface area contributed by atoms with Gasteiger partial charge in [-0.25, -0.2) is 4.68 Å². The number of aliphatic hydroxyl groups is 1. The number of nitrogens with two attached hydrogens (primary N) is 1. The van der Waals surface area contributed by atoms with E-state index in [1.54, 1.807) is 6.92 Å². The van der Waals surface area contributed by atoms with Crippen molar-refractivity contribution in [3.63, 3.8) is 0 Å². The van der Waals surface area contributed by atoms with Crippen LogP contribution in [0.15, 0.2) is 42.5 Å². The van der Waals surface area contributed by atoms with E-state index in [2.05, 4.69) is 10.4 Å². The summed E-state index contributed by atoms with van der Waals surface area (Å²) in [5, 5.41) is 19.0. The predicted octanol–water partition coefficient (Wildman–Crippen LogP) is 3.26. The standard InChI is InChI=1S/C18H14Cl2N4O2/c1-9-14(16(21)24(23-9)11-5-3-2-4-6-11)18(26)12-7-10(19)8-13(20)15(12)22-17(18)25/h2-8,26H,21H2,1H3,(H,22,25). The Labute approximate surface area is 159 Å². The molecular formula is C18H14Cl2N4O2. The normalized spacial score (nSPS) is 18.7. The average Bonchev–Trinajstić information content (AvgIpc) is 3.04. The molecule has 4 rings (SSSR count). The van der Waals surface area contributed by atoms with Gasteiger partial charge >= 0.3 is 0 Å². The lowest BCUT2D eigenvalue weighted by atomic mass is 9.87. The molecule has 6 nitrogen and oxygen atoms in total. The topological polar surface area (TPSA) is 93.2 Å². The number of nitrogens with one attached hydrogen (secondary N) is 1. The quantitative estimate of drug-likeness (QED) is 0.627. The first-order valence-electron chi connectivity index (χ1n) is 7.78. The van der Waals surface area contributed by atoms with Crippen LogP contribution >= 0.6 is 23.2 Å². The fourth-order valence-corrected chi connectivity index (χ4v) is 3.86. The van der Waals surface area contributed by atoms with Gasteiger partial charge in [-0.15, -0.1) is 0 Å². The van der Waals surface area contributed by atoms with Gasteiger partial charge in [0.25, 0.3) is 5.91 Å². The SMILES string of the molecule is Cc1nn(-c2ccccc2)c(N)c1C1(O)C(=O)Nc2c(Cl)cc(Cl)cc21. The van der Waals surface area contributed by atoms with Crippen LogP contribution in [0.2, 0.25) is 10.0 Å². The van der Waals surface area contributed by atoms with Crippen molar-refractivity contribution in [1.29, 1.82) is 0 Å². The number of rotatable bonds is 2. The van der Waals surface area contributed by atoms with E-state index >= 15 is 0 Å². The van der Waals surface area contributed by atoms with Crippen molar-refractivity contribution in [3.05, 3.63) is 69.3 Å². The molecule has 0 saturated heterocycles. The molecule has 0 radical (unpaired) electrons. The van der Waals surface area contributed by atoms with Gasteiger partial charge in [0.1, 0.15) is 5.82 Å². The van der Waals surface area contributed by atoms with E-state index in [0.29, 0.717) is 22.1 Å². The number of nitrogen functional groups attached to an aromatic ring is 1. The number of aromatic nitrogens is 2. The summed E-state index contributed by atoms with van der Waals surface area (Å²) in [5.74, 6) is -0.491. The first kappa shape index (κ1) is 16.9. The molecule has 0 saturated carbocycles. The Hall–Kier alpha value is -2.54. The predicted molar refractivity (Wildman–Crippen MR) is 101 cm³/mol. The van der Waals surface area contributed by atoms with Gasteiger partial charge in [0.15, 0.2) is 0 Å². The lowest BCUT2D eigenvalue weighted by Gasteiger charge is -2.21. The molecule has 1 atom stereocenters. The van der Waals surface area contributed by atoms with Gasteiger partial charge in [-0.2, -0.15) is 5.10 Å². The average molecular weight is 389 g/mol. The zero-order chi connectivity index (χ0) is 18.6. The van der Waals surface area contributed by atoms with Crippen LogP contribution < -0.4 is 11.1 Å². The number of hydrogen-bond donors (Lipinski definition) is 3. The van der Waals surface area contributed by atoms with Gasteiger partial charge in [0, 0.05) is 10.6 Å². The minimum atomic E-state index is -2.04. The summed E-state index contributed by atoms with van der Waals surface area (Å²) in [7, 11) is 0. The second kappa shape index (κ2) is 5.74. The molecule has 4 N–H and O–H groups in total. The molecule has 0 fully saturated rings. The maximum Gasteiger partial charge on any atom is 0.266 e. The Kier molecular flexibility index (Phi) is 3.73. The van der Waals surface area contributed by atoms with Crippen LogP contribution in [0, 0.1) is 6.92 Å². The highest BCUT2D eigenvalue weighted by Gasteiger charge is 2.51. The Balaban J connectivity index is 1.98. The summed E-state index contributed by atoms with van der Waals surface area (Å²) < 4.78 is 1.49. The molecule has 3 aromatic rings. The number of benzene rings is 2. The Bertz CT molecular complexity index is 1050. The summed E-state index contributed by atoms with van der Waals surface area (Å²) in [4.78, 5) is 12.7. The van der Waals surface area contributed by atoms with Crippen LogP contribution in [0.4, 0.5) is 11.5 Å². The summed E-state index contributed by atoms with van der Waals surface area (Å²) in [6, 6.07) is 12.2. The van der Waals surface area contributed by atoms with E-state index in [9.17, 15) is 9.90 Å². The number of carbonyl (C=O) groups is 1. The maximum atomic E-state index is 12.7. The molecule has 26 heavy (non-hydrogen) atoms. The van der Waals surface area contributed by atoms with Gasteiger partial charge in [-0.05, 0) is 31.2 Å². The zero-order valence-electron chi connectivity index (χ0n) is 13.6. The molecule has 8 heteroatoms. The van der Waals surface area contributed by atoms with E-state index in [4.69, 9.17) is 28.9 Å². The molecule has 1 aliphatic rings. The highest BCUT2D eigenvalue weighted by atomic mass is 35.5. The molecule has 1 unspecified atom stereocenters. The summed E-state index contributed by atoms with van der Waals surface area (Å²) in [6.07, 6.45) is 0. The molecule has 2 heterocycles. The van der Waals surface area contributed by atoms with Crippen molar-refractivity contribution in [3.8, 4) is 5.69 Å². The van der Waals surface area contributed by atoms with Gasteiger partial charge in [-0.1, -0.05) is 41.4 Å². The van der Waals surface area contributed by atoms with Crippen molar-refractivity contribution >= 4 is 40.6 Å². The van der Waals surface area contributed by atoms with E-state index in [0.717, 1.165) is 0 Å². The highest BCUT2D eigenvalue weighted by Crippen LogP contribution is 2.48. The maximum absolute atomic E-state index is 12.7. The largest absolute Gasteiger partial charge is 0.383 e. The first-order valence-corrected chi connectivity index (χ1v) is 8.54. The van der Waals surface area contributed by atoms with Crippen molar-refractivity contribution < 1.29 is 9.90 Å². The molecule has 132 valence electrons. The minimum absolute atomic E-state index is 0.162. The van der Waals surface area contributed by atoms with Gasteiger partial charge in [-0.3, -0.25) is 4.79 Å². The zero-order valence-corrected chi connectivity index (χ0v) is 15.1. The number of nitrogens with zero attached hydrogens (tertiary/aromatic N) is 2. The van der Waals surface area contributed by atoms with Crippen molar-refractivity contribution in [1.82, 2.24) is 9.78 Å². The van der Waals surface area contributed by atoms with Crippen LogP contribution in [-0.2, 0) is 10.4 Å². The third-order valence-corrected chi connectivity index (χ3v) is 4.99. The van der Waals surface area contributed by atoms with Gasteiger partial charge < -0.3 is 16.2 Å². The number of aryl methyl sites for hydroxylation is 1. The Morgan fingerprint density at radius 2 is 1.92 bits per heavy atom. The second-order valence-corrected chi connectivity index (χ2v) is 6.91. The van der Waals surface area contributed by atoms with Crippen LogP contribution in [-0.4, -0.2) is 20.8 Å². The van der Waals surface area contributed by atoms with E-state index in [1.807, 2.05) is 30.3 Å². The molecule has 1 aliphatic heterocycles. The van der Waals surface area contributed by atoms with E-state index in [-0.39, 0.29) is 22.0 Å². The summed E-state index contributed by atoms with van der Waals surface area (Å²) >= 11 is 12.3. The number of carbonyl (C=O) groups excluding carboxylic acids is 1. The number of halogens is 2. The van der Waals surface area contributed by atoms with Crippen LogP contribution in [0.5, 0.6) is 0 Å². The Morgan fingerprint density at radius 1 is 1.23 bits per heavy atom. The molecule has 0 spiro atoms. The van der Waals surface area contributed by atoms with Crippen LogP contribution in [0.25, 0.3) is 5.69 Å². The van der Waals surface area contributed by atoms with Crippen molar-refractivity contribution in [2.45, 2.75) is 12.5 Å². The number of anilines is 2. The van der Waals surface area contributed by atoms with Crippen molar-refractivity contribution in [2.24, 2.45) is 0 Å². The fourth-order valence-electron chi connectivity index (χ4n) is 3.32. The Morgan fingerprint density at radius 3 is 2.62 bits per heavy atom. The number of hydrogen-bond acceptors (Lipinski definition) is 4. The molecule has 0 aliphatic carbocycles. The molecule has 1 aromatic heterocycles. The second-order valence-electron chi connectivity index (χ2n) is 6.07. The number of para-hydroxylation sites is 1. The molecule has 0 bridgehead atoms. The lowest BCUT2D eigenvalue weighted by Crippen LogP contribution is -2.36. The van der Waals surface area contributed by atoms with Gasteiger partial charge in [0.2, 0.25) is 5.60 Å². The minimum Gasteiger partial charge on any atom is -0.383 e. The number of amides is 1. The highest BCUT2D eigenvalue weighted by molar-refractivity contribution is 6.38. The van der Waals surface area contributed by atoms with E-state index in [1.165, 1.54) is 16.8 Å². The van der Waals surface area contributed by atoms with Gasteiger partial charge in [0.05, 0.1) is 27.7 Å². The fraction of sp³-hybridized carbons (Fsp3) is 0.111. The monoisotopic (exact) mass is 388 g/mol. The molecule has 2 aromatic carbocycles. The molecule has 1 amide bonds. The van der Waals surface area contributed by atoms with E-state index < -0.39 is 11.5 Å². The molecular weight excluding hydrogens is 375 g/mol. The first-order chi connectivity index (χ1) is 12.3. The summed E-state index contributed by atoms with van der Waals surface area (Å²) in [5.41, 5.74) is 6.16. The van der Waals surface area contributed by atoms with Crippen molar-refractivity contribution in [2.75, 3.05) is 11.1 Å². The number of fused-ring (bicyclic) bond motifs is 1.